The molecule has 4 rings (SSSR count). The van der Waals surface area contributed by atoms with Crippen LogP contribution in [-0.4, -0.2) is 18.9 Å². The molecule has 0 atom stereocenters. The van der Waals surface area contributed by atoms with E-state index in [-0.39, 0.29) is 6.04 Å². The molecule has 0 unspecified atom stereocenters. The molecule has 112 valence electrons. The molecule has 2 aromatic rings. The van der Waals surface area contributed by atoms with E-state index >= 15 is 0 Å². The molecule has 0 aromatic heterocycles. The Labute approximate surface area is 131 Å². The van der Waals surface area contributed by atoms with Gasteiger partial charge < -0.3 is 4.74 Å². The minimum absolute atomic E-state index is 0.258. The summed E-state index contributed by atoms with van der Waals surface area (Å²) in [7, 11) is 1.74. The molecule has 2 aromatic carbocycles. The van der Waals surface area contributed by atoms with Crippen LogP contribution in [0.1, 0.15) is 22.3 Å². The summed E-state index contributed by atoms with van der Waals surface area (Å²) in [6, 6.07) is 17.3. The van der Waals surface area contributed by atoms with Crippen LogP contribution in [0.3, 0.4) is 0 Å². The van der Waals surface area contributed by atoms with Crippen LogP contribution in [-0.2, 0) is 30.4 Å². The Morgan fingerprint density at radius 3 is 1.86 bits per heavy atom. The van der Waals surface area contributed by atoms with E-state index in [9.17, 15) is 0 Å². The minimum atomic E-state index is -0.502. The second-order valence-corrected chi connectivity index (χ2v) is 6.32. The number of rotatable bonds is 3. The fourth-order valence-electron chi connectivity index (χ4n) is 3.62. The molecule has 0 amide bonds. The SMILES string of the molecule is COC1(/N=N/C2Cc3ccccc3C2)Cc2ccccc2C1. The number of benzene rings is 2. The van der Waals surface area contributed by atoms with E-state index < -0.39 is 5.72 Å². The lowest BCUT2D eigenvalue weighted by Crippen LogP contribution is -2.29. The minimum Gasteiger partial charge on any atom is -0.355 e. The summed E-state index contributed by atoms with van der Waals surface area (Å²) in [6.07, 6.45) is 3.63. The van der Waals surface area contributed by atoms with E-state index in [1.165, 1.54) is 22.3 Å². The fourth-order valence-corrected chi connectivity index (χ4v) is 3.62. The molecule has 2 aliphatic rings. The van der Waals surface area contributed by atoms with Gasteiger partial charge in [-0.1, -0.05) is 48.5 Å². The number of fused-ring (bicyclic) bond motifs is 2. The average Bonchev–Trinajstić information content (AvgIpc) is 3.14. The number of ether oxygens (including phenoxy) is 1. The lowest BCUT2D eigenvalue weighted by molar-refractivity contribution is -0.000906. The summed E-state index contributed by atoms with van der Waals surface area (Å²) in [5, 5.41) is 9.30. The first kappa shape index (κ1) is 13.6. The van der Waals surface area contributed by atoms with Gasteiger partial charge in [0.2, 0.25) is 0 Å². The summed E-state index contributed by atoms with van der Waals surface area (Å²) in [5.41, 5.74) is 4.98. The van der Waals surface area contributed by atoms with Crippen molar-refractivity contribution in [1.29, 1.82) is 0 Å². The quantitative estimate of drug-likeness (QED) is 0.793. The third-order valence-electron chi connectivity index (χ3n) is 4.86. The van der Waals surface area contributed by atoms with Crippen molar-refractivity contribution in [2.45, 2.75) is 37.5 Å². The van der Waals surface area contributed by atoms with Crippen LogP contribution in [0.5, 0.6) is 0 Å². The van der Waals surface area contributed by atoms with E-state index in [1.807, 2.05) is 0 Å². The molecule has 0 radical (unpaired) electrons. The zero-order chi connectivity index (χ0) is 15.0. The maximum atomic E-state index is 5.76. The summed E-state index contributed by atoms with van der Waals surface area (Å²) in [6.45, 7) is 0. The highest BCUT2D eigenvalue weighted by Crippen LogP contribution is 2.34. The molecule has 0 spiro atoms. The second kappa shape index (κ2) is 5.33. The van der Waals surface area contributed by atoms with Crippen molar-refractivity contribution >= 4 is 0 Å². The normalized spacial score (nSPS) is 19.5. The average molecular weight is 292 g/mol. The van der Waals surface area contributed by atoms with Crippen molar-refractivity contribution in [1.82, 2.24) is 0 Å². The monoisotopic (exact) mass is 292 g/mol. The third kappa shape index (κ3) is 2.35. The molecule has 0 heterocycles. The molecule has 0 aliphatic heterocycles. The van der Waals surface area contributed by atoms with E-state index in [1.54, 1.807) is 7.11 Å². The standard InChI is InChI=1S/C19H20N2O/c1-22-19(12-16-8-4-5-9-17(16)13-19)21-20-18-10-14-6-2-3-7-15(14)11-18/h2-9,18H,10-13H2,1H3/b21-20+. The van der Waals surface area contributed by atoms with Crippen LogP contribution in [0.15, 0.2) is 58.8 Å². The lowest BCUT2D eigenvalue weighted by Gasteiger charge is -2.21. The summed E-state index contributed by atoms with van der Waals surface area (Å²) in [5.74, 6) is 0. The first-order valence-electron chi connectivity index (χ1n) is 7.89. The van der Waals surface area contributed by atoms with Gasteiger partial charge in [-0.15, -0.1) is 0 Å². The number of nitrogens with zero attached hydrogens (tertiary/aromatic N) is 2. The molecule has 0 fully saturated rings. The van der Waals surface area contributed by atoms with Gasteiger partial charge in [0.1, 0.15) is 0 Å². The predicted molar refractivity (Wildman–Crippen MR) is 86.1 cm³/mol. The Bertz CT molecular complexity index is 673. The largest absolute Gasteiger partial charge is 0.355 e. The van der Waals surface area contributed by atoms with Crippen molar-refractivity contribution < 1.29 is 4.74 Å². The molecule has 2 aliphatic carbocycles. The highest BCUT2D eigenvalue weighted by atomic mass is 16.5. The van der Waals surface area contributed by atoms with Crippen LogP contribution in [0.4, 0.5) is 0 Å². The zero-order valence-corrected chi connectivity index (χ0v) is 12.8. The van der Waals surface area contributed by atoms with Gasteiger partial charge in [-0.05, 0) is 35.1 Å². The maximum absolute atomic E-state index is 5.76. The van der Waals surface area contributed by atoms with E-state index in [0.717, 1.165) is 25.7 Å². The highest BCUT2D eigenvalue weighted by Gasteiger charge is 2.38. The topological polar surface area (TPSA) is 34.0 Å². The van der Waals surface area contributed by atoms with Crippen molar-refractivity contribution in [2.75, 3.05) is 7.11 Å². The van der Waals surface area contributed by atoms with Gasteiger partial charge >= 0.3 is 0 Å². The first-order chi connectivity index (χ1) is 10.8. The van der Waals surface area contributed by atoms with Crippen molar-refractivity contribution in [3.05, 3.63) is 70.8 Å². The van der Waals surface area contributed by atoms with E-state index in [0.29, 0.717) is 0 Å². The van der Waals surface area contributed by atoms with Gasteiger partial charge in [-0.2, -0.15) is 10.2 Å². The second-order valence-electron chi connectivity index (χ2n) is 6.32. The number of hydrogen-bond donors (Lipinski definition) is 0. The Balaban J connectivity index is 1.51. The Morgan fingerprint density at radius 2 is 1.36 bits per heavy atom. The predicted octanol–water partition coefficient (Wildman–Crippen LogP) is 3.75. The Morgan fingerprint density at radius 1 is 0.864 bits per heavy atom. The van der Waals surface area contributed by atoms with Gasteiger partial charge in [0.15, 0.2) is 5.72 Å². The molecule has 3 heteroatoms. The Kier molecular flexibility index (Phi) is 3.30. The zero-order valence-electron chi connectivity index (χ0n) is 12.8. The van der Waals surface area contributed by atoms with Crippen LogP contribution < -0.4 is 0 Å². The Hall–Kier alpha value is -2.00. The lowest BCUT2D eigenvalue weighted by atomic mass is 10.1. The highest BCUT2D eigenvalue weighted by molar-refractivity contribution is 5.35. The molecule has 0 N–H and O–H groups in total. The van der Waals surface area contributed by atoms with Gasteiger partial charge in [0.25, 0.3) is 0 Å². The van der Waals surface area contributed by atoms with E-state index in [2.05, 4.69) is 58.8 Å². The molecule has 22 heavy (non-hydrogen) atoms. The molecule has 0 bridgehead atoms. The molecular weight excluding hydrogens is 272 g/mol. The summed E-state index contributed by atoms with van der Waals surface area (Å²) in [4.78, 5) is 0. The molecule has 0 saturated heterocycles. The smallest absolute Gasteiger partial charge is 0.186 e. The summed E-state index contributed by atoms with van der Waals surface area (Å²) < 4.78 is 5.76. The fraction of sp³-hybridized carbons (Fsp3) is 0.368. The third-order valence-corrected chi connectivity index (χ3v) is 4.86. The van der Waals surface area contributed by atoms with E-state index in [4.69, 9.17) is 4.74 Å². The molecule has 3 nitrogen and oxygen atoms in total. The number of methoxy groups -OCH3 is 1. The molecule has 0 saturated carbocycles. The van der Waals surface area contributed by atoms with Gasteiger partial charge in [0.05, 0.1) is 6.04 Å². The molecular formula is C19H20N2O. The van der Waals surface area contributed by atoms with Gasteiger partial charge in [-0.25, -0.2) is 0 Å². The van der Waals surface area contributed by atoms with Gasteiger partial charge in [0, 0.05) is 20.0 Å². The van der Waals surface area contributed by atoms with Crippen LogP contribution in [0, 0.1) is 0 Å². The van der Waals surface area contributed by atoms with Crippen LogP contribution in [0.2, 0.25) is 0 Å². The van der Waals surface area contributed by atoms with Crippen molar-refractivity contribution in [3.63, 3.8) is 0 Å². The van der Waals surface area contributed by atoms with Gasteiger partial charge in [-0.3, -0.25) is 0 Å². The van der Waals surface area contributed by atoms with Crippen LogP contribution in [0.25, 0.3) is 0 Å². The first-order valence-corrected chi connectivity index (χ1v) is 7.89. The van der Waals surface area contributed by atoms with Crippen molar-refractivity contribution in [3.8, 4) is 0 Å². The number of hydrogen-bond acceptors (Lipinski definition) is 3. The van der Waals surface area contributed by atoms with Crippen LogP contribution >= 0.6 is 0 Å². The van der Waals surface area contributed by atoms with Crippen molar-refractivity contribution in [2.24, 2.45) is 10.2 Å². The number of azo groups is 1. The summed E-state index contributed by atoms with van der Waals surface area (Å²) >= 11 is 0. The maximum Gasteiger partial charge on any atom is 0.186 e.